The van der Waals surface area contributed by atoms with Gasteiger partial charge in [0.25, 0.3) is 0 Å². The molecule has 0 spiro atoms. The number of piperidine rings is 1. The van der Waals surface area contributed by atoms with Gasteiger partial charge in [-0.2, -0.15) is 0 Å². The van der Waals surface area contributed by atoms with Gasteiger partial charge >= 0.3 is 6.03 Å². The fraction of sp³-hybridized carbons (Fsp3) is 0.636. The van der Waals surface area contributed by atoms with Gasteiger partial charge in [0, 0.05) is 51.5 Å². The van der Waals surface area contributed by atoms with Gasteiger partial charge in [-0.15, -0.1) is 12.4 Å². The molecule has 4 fully saturated rings. The highest BCUT2D eigenvalue weighted by molar-refractivity contribution is 5.85. The van der Waals surface area contributed by atoms with E-state index in [0.29, 0.717) is 30.2 Å². The second kappa shape index (κ2) is 7.93. The molecule has 8 heteroatoms. The first-order chi connectivity index (χ1) is 14.0. The van der Waals surface area contributed by atoms with Gasteiger partial charge in [0.15, 0.2) is 0 Å². The van der Waals surface area contributed by atoms with E-state index in [1.165, 1.54) is 0 Å². The van der Waals surface area contributed by atoms with Crippen LogP contribution in [-0.4, -0.2) is 80.6 Å². The smallest absolute Gasteiger partial charge is 0.320 e. The zero-order valence-electron chi connectivity index (χ0n) is 17.8. The van der Waals surface area contributed by atoms with Crippen LogP contribution in [0.5, 0.6) is 5.75 Å². The van der Waals surface area contributed by atoms with Crippen LogP contribution < -0.4 is 10.1 Å². The Balaban J connectivity index is 0.00000218. The summed E-state index contributed by atoms with van der Waals surface area (Å²) in [5, 5.41) is 3.37. The number of urea groups is 1. The third-order valence-electron chi connectivity index (χ3n) is 7.44. The normalized spacial score (nSPS) is 33.6. The molecule has 1 aromatic carbocycles. The largest absolute Gasteiger partial charge is 0.497 e. The van der Waals surface area contributed by atoms with Gasteiger partial charge in [0.2, 0.25) is 5.91 Å². The van der Waals surface area contributed by atoms with Crippen LogP contribution in [0.4, 0.5) is 4.79 Å². The quantitative estimate of drug-likeness (QED) is 0.786. The van der Waals surface area contributed by atoms with Crippen molar-refractivity contribution in [1.29, 1.82) is 0 Å². The maximum absolute atomic E-state index is 13.1. The molecular formula is C22H31ClN4O3. The standard InChI is InChI=1S/C22H30N4O3.ClH/c1-24(2)22(28)26-11-14-10-25(21(27)19-16-8-23-9-17(16)19)12-18(14)20(26)13-4-6-15(29-3)7-5-13;/h4-7,14,16-20,23H,8-12H2,1-3H3;1H/t14-,16-,17+,18-,19?,20+;/m1./s1. The molecule has 5 rings (SSSR count). The highest BCUT2D eigenvalue weighted by Crippen LogP contribution is 2.52. The van der Waals surface area contributed by atoms with Crippen molar-refractivity contribution in [1.82, 2.24) is 20.0 Å². The number of carbonyl (C=O) groups is 2. The Labute approximate surface area is 184 Å². The summed E-state index contributed by atoms with van der Waals surface area (Å²) < 4.78 is 5.30. The van der Waals surface area contributed by atoms with Gasteiger partial charge in [-0.3, -0.25) is 4.79 Å². The van der Waals surface area contributed by atoms with Gasteiger partial charge in [0.1, 0.15) is 5.75 Å². The van der Waals surface area contributed by atoms with Crippen LogP contribution in [0.2, 0.25) is 0 Å². The molecule has 3 aliphatic heterocycles. The predicted molar refractivity (Wildman–Crippen MR) is 116 cm³/mol. The number of halogens is 1. The van der Waals surface area contributed by atoms with Gasteiger partial charge in [0.05, 0.1) is 13.2 Å². The number of nitrogens with zero attached hydrogens (tertiary/aromatic N) is 3. The summed E-state index contributed by atoms with van der Waals surface area (Å²) in [5.41, 5.74) is 1.12. The number of fused-ring (bicyclic) bond motifs is 2. The molecule has 3 saturated heterocycles. The Morgan fingerprint density at radius 3 is 2.30 bits per heavy atom. The van der Waals surface area contributed by atoms with Crippen LogP contribution in [0.25, 0.3) is 0 Å². The van der Waals surface area contributed by atoms with Crippen molar-refractivity contribution in [2.45, 2.75) is 6.04 Å². The average Bonchev–Trinajstić information content (AvgIpc) is 3.10. The van der Waals surface area contributed by atoms with Crippen LogP contribution >= 0.6 is 12.4 Å². The molecule has 1 aliphatic carbocycles. The fourth-order valence-electron chi connectivity index (χ4n) is 5.90. The molecule has 1 saturated carbocycles. The molecule has 4 aliphatic rings. The molecule has 0 bridgehead atoms. The lowest BCUT2D eigenvalue weighted by molar-refractivity contribution is -0.132. The predicted octanol–water partition coefficient (Wildman–Crippen LogP) is 1.70. The van der Waals surface area contributed by atoms with E-state index in [1.807, 2.05) is 17.0 Å². The third-order valence-corrected chi connectivity index (χ3v) is 7.44. The van der Waals surface area contributed by atoms with Crippen molar-refractivity contribution < 1.29 is 14.3 Å². The van der Waals surface area contributed by atoms with E-state index < -0.39 is 0 Å². The van der Waals surface area contributed by atoms with Crippen molar-refractivity contribution in [3.63, 3.8) is 0 Å². The van der Waals surface area contributed by atoms with E-state index in [2.05, 4.69) is 22.3 Å². The molecule has 30 heavy (non-hydrogen) atoms. The molecule has 6 atom stereocenters. The lowest BCUT2D eigenvalue weighted by atomic mass is 9.89. The Morgan fingerprint density at radius 2 is 1.70 bits per heavy atom. The van der Waals surface area contributed by atoms with E-state index in [1.54, 1.807) is 26.1 Å². The number of hydrogen-bond donors (Lipinski definition) is 1. The summed E-state index contributed by atoms with van der Waals surface area (Å²) in [5.74, 6) is 3.11. The lowest BCUT2D eigenvalue weighted by Crippen LogP contribution is -2.42. The summed E-state index contributed by atoms with van der Waals surface area (Å²) in [6.07, 6.45) is 0. The molecule has 7 nitrogen and oxygen atoms in total. The highest BCUT2D eigenvalue weighted by atomic mass is 35.5. The summed E-state index contributed by atoms with van der Waals surface area (Å²) in [7, 11) is 5.26. The van der Waals surface area contributed by atoms with Crippen LogP contribution in [-0.2, 0) is 4.79 Å². The molecule has 1 aromatic rings. The number of hydrogen-bond acceptors (Lipinski definition) is 4. The minimum absolute atomic E-state index is 0. The van der Waals surface area contributed by atoms with Gasteiger partial charge in [-0.05, 0) is 42.6 Å². The Kier molecular flexibility index (Phi) is 5.62. The molecular weight excluding hydrogens is 404 g/mol. The van der Waals surface area contributed by atoms with Crippen LogP contribution in [0, 0.1) is 29.6 Å². The molecule has 1 unspecified atom stereocenters. The Hall–Kier alpha value is -1.99. The number of methoxy groups -OCH3 is 1. The van der Waals surface area contributed by atoms with Crippen LogP contribution in [0.1, 0.15) is 11.6 Å². The number of amides is 3. The third kappa shape index (κ3) is 3.32. The number of likely N-dealkylation sites (tertiary alicyclic amines) is 2. The second-order valence-corrected chi connectivity index (χ2v) is 9.23. The minimum Gasteiger partial charge on any atom is -0.497 e. The maximum Gasteiger partial charge on any atom is 0.320 e. The minimum atomic E-state index is -0.000949. The molecule has 1 N–H and O–H groups in total. The summed E-state index contributed by atoms with van der Waals surface area (Å²) >= 11 is 0. The Bertz CT molecular complexity index is 807. The zero-order valence-corrected chi connectivity index (χ0v) is 18.6. The highest BCUT2D eigenvalue weighted by Gasteiger charge is 2.59. The summed E-state index contributed by atoms with van der Waals surface area (Å²) in [6, 6.07) is 8.07. The Morgan fingerprint density at radius 1 is 1.03 bits per heavy atom. The van der Waals surface area contributed by atoms with Crippen LogP contribution in [0.3, 0.4) is 0 Å². The fourth-order valence-corrected chi connectivity index (χ4v) is 5.90. The number of rotatable bonds is 3. The van der Waals surface area contributed by atoms with E-state index in [0.717, 1.165) is 37.5 Å². The molecule has 0 radical (unpaired) electrons. The van der Waals surface area contributed by atoms with Crippen LogP contribution in [0.15, 0.2) is 24.3 Å². The average molecular weight is 435 g/mol. The van der Waals surface area contributed by atoms with Gasteiger partial charge < -0.3 is 24.8 Å². The molecule has 3 heterocycles. The zero-order chi connectivity index (χ0) is 20.3. The van der Waals surface area contributed by atoms with E-state index >= 15 is 0 Å². The van der Waals surface area contributed by atoms with Gasteiger partial charge in [-0.25, -0.2) is 4.79 Å². The van der Waals surface area contributed by atoms with Crippen molar-refractivity contribution in [3.05, 3.63) is 29.8 Å². The van der Waals surface area contributed by atoms with E-state index in [9.17, 15) is 9.59 Å². The molecule has 164 valence electrons. The first-order valence-corrected chi connectivity index (χ1v) is 10.6. The monoisotopic (exact) mass is 434 g/mol. The first-order valence-electron chi connectivity index (χ1n) is 10.6. The van der Waals surface area contributed by atoms with Crippen molar-refractivity contribution in [2.24, 2.45) is 29.6 Å². The topological polar surface area (TPSA) is 65.1 Å². The number of carbonyl (C=O) groups excluding carboxylic acids is 2. The SMILES string of the molecule is COc1ccc([C@H]2[C@@H]3CN(C(=O)C4[C@H]5CNC[C@@H]45)C[C@@H]3CN2C(=O)N(C)C)cc1.Cl. The number of ether oxygens (including phenoxy) is 1. The maximum atomic E-state index is 13.1. The number of benzene rings is 1. The van der Waals surface area contributed by atoms with E-state index in [-0.39, 0.29) is 36.3 Å². The van der Waals surface area contributed by atoms with Crippen molar-refractivity contribution in [3.8, 4) is 5.75 Å². The van der Waals surface area contributed by atoms with Crippen molar-refractivity contribution >= 4 is 24.3 Å². The molecule has 3 amide bonds. The summed E-state index contributed by atoms with van der Waals surface area (Å²) in [6.45, 7) is 4.21. The lowest BCUT2D eigenvalue weighted by Gasteiger charge is -2.32. The number of nitrogens with one attached hydrogen (secondary N) is 1. The first kappa shape index (κ1) is 21.2. The van der Waals surface area contributed by atoms with E-state index in [4.69, 9.17) is 4.74 Å². The van der Waals surface area contributed by atoms with Gasteiger partial charge in [-0.1, -0.05) is 12.1 Å². The second-order valence-electron chi connectivity index (χ2n) is 9.23. The summed E-state index contributed by atoms with van der Waals surface area (Å²) in [4.78, 5) is 31.7. The van der Waals surface area contributed by atoms with Crippen molar-refractivity contribution in [2.75, 3.05) is 53.9 Å². The molecule has 0 aromatic heterocycles.